The van der Waals surface area contributed by atoms with Crippen molar-refractivity contribution < 1.29 is 17.3 Å². The molecule has 6 nitrogen and oxygen atoms in total. The van der Waals surface area contributed by atoms with E-state index in [2.05, 4.69) is 4.98 Å². The normalized spacial score (nSPS) is 11.6. The second-order valence-corrected chi connectivity index (χ2v) is 7.24. The van der Waals surface area contributed by atoms with E-state index in [4.69, 9.17) is 14.7 Å². The van der Waals surface area contributed by atoms with E-state index in [1.807, 2.05) is 36.4 Å². The lowest BCUT2D eigenvalue weighted by Gasteiger charge is -2.14. The fraction of sp³-hybridized carbons (Fsp3) is 0.167. The largest absolute Gasteiger partial charge is 0.496 e. The van der Waals surface area contributed by atoms with Gasteiger partial charge < -0.3 is 10.5 Å². The summed E-state index contributed by atoms with van der Waals surface area (Å²) in [5.41, 5.74) is 8.52. The molecule has 1 aromatic heterocycles. The lowest BCUT2D eigenvalue weighted by molar-refractivity contribution is 0.303. The molecule has 0 saturated carbocycles. The van der Waals surface area contributed by atoms with E-state index in [0.717, 1.165) is 28.2 Å². The third-order valence-corrected chi connectivity index (χ3v) is 4.38. The predicted molar refractivity (Wildman–Crippen MR) is 97.8 cm³/mol. The van der Waals surface area contributed by atoms with Gasteiger partial charge in [0.05, 0.1) is 20.0 Å². The SMILES string of the molecule is COc1cc2c(N)ncc(-c3ccccc3)c2cc1COS(C)(=O)=O. The van der Waals surface area contributed by atoms with Gasteiger partial charge in [0.1, 0.15) is 11.6 Å². The maximum absolute atomic E-state index is 11.3. The molecule has 130 valence electrons. The van der Waals surface area contributed by atoms with Crippen molar-refractivity contribution in [2.24, 2.45) is 0 Å². The molecule has 2 N–H and O–H groups in total. The van der Waals surface area contributed by atoms with E-state index in [1.54, 1.807) is 12.3 Å². The van der Waals surface area contributed by atoms with Crippen molar-refractivity contribution in [2.45, 2.75) is 6.61 Å². The second kappa shape index (κ2) is 6.70. The number of nitrogens with two attached hydrogens (primary N) is 1. The Labute approximate surface area is 146 Å². The zero-order chi connectivity index (χ0) is 18.0. The van der Waals surface area contributed by atoms with E-state index in [-0.39, 0.29) is 6.61 Å². The number of anilines is 1. The lowest BCUT2D eigenvalue weighted by atomic mass is 9.98. The maximum atomic E-state index is 11.3. The van der Waals surface area contributed by atoms with Gasteiger partial charge in [-0.1, -0.05) is 30.3 Å². The Morgan fingerprint density at radius 2 is 1.84 bits per heavy atom. The number of benzene rings is 2. The van der Waals surface area contributed by atoms with Gasteiger partial charge in [-0.3, -0.25) is 4.18 Å². The van der Waals surface area contributed by atoms with Crippen molar-refractivity contribution in [3.63, 3.8) is 0 Å². The maximum Gasteiger partial charge on any atom is 0.264 e. The van der Waals surface area contributed by atoms with Gasteiger partial charge in [0, 0.05) is 22.7 Å². The number of methoxy groups -OCH3 is 1. The highest BCUT2D eigenvalue weighted by molar-refractivity contribution is 7.85. The molecule has 2 aromatic carbocycles. The van der Waals surface area contributed by atoms with Gasteiger partial charge in [0.15, 0.2) is 0 Å². The molecule has 7 heteroatoms. The first-order valence-electron chi connectivity index (χ1n) is 7.54. The summed E-state index contributed by atoms with van der Waals surface area (Å²) in [7, 11) is -2.05. The van der Waals surface area contributed by atoms with Crippen LogP contribution in [0.25, 0.3) is 21.9 Å². The molecule has 0 aliphatic rings. The van der Waals surface area contributed by atoms with E-state index < -0.39 is 10.1 Å². The highest BCUT2D eigenvalue weighted by Crippen LogP contribution is 2.35. The molecule has 0 spiro atoms. The average molecular weight is 358 g/mol. The van der Waals surface area contributed by atoms with Crippen LogP contribution in [0.4, 0.5) is 5.82 Å². The van der Waals surface area contributed by atoms with Gasteiger partial charge in [-0.15, -0.1) is 0 Å². The fourth-order valence-electron chi connectivity index (χ4n) is 2.65. The van der Waals surface area contributed by atoms with Crippen molar-refractivity contribution in [1.82, 2.24) is 4.98 Å². The average Bonchev–Trinajstić information content (AvgIpc) is 2.60. The molecule has 0 unspecified atom stereocenters. The number of nitrogen functional groups attached to an aromatic ring is 1. The number of hydrogen-bond acceptors (Lipinski definition) is 6. The quantitative estimate of drug-likeness (QED) is 0.705. The minimum absolute atomic E-state index is 0.117. The fourth-order valence-corrected chi connectivity index (χ4v) is 2.99. The summed E-state index contributed by atoms with van der Waals surface area (Å²) in [6.45, 7) is -0.117. The number of fused-ring (bicyclic) bond motifs is 1. The van der Waals surface area contributed by atoms with Crippen LogP contribution in [0.1, 0.15) is 5.56 Å². The number of rotatable bonds is 5. The minimum Gasteiger partial charge on any atom is -0.496 e. The smallest absolute Gasteiger partial charge is 0.264 e. The first-order valence-corrected chi connectivity index (χ1v) is 9.35. The first kappa shape index (κ1) is 17.2. The molecule has 0 fully saturated rings. The van der Waals surface area contributed by atoms with Crippen LogP contribution in [-0.2, 0) is 20.9 Å². The molecular formula is C18H18N2O4S. The van der Waals surface area contributed by atoms with E-state index >= 15 is 0 Å². The minimum atomic E-state index is -3.56. The Kier molecular flexibility index (Phi) is 4.61. The van der Waals surface area contributed by atoms with Crippen LogP contribution in [0.5, 0.6) is 5.75 Å². The zero-order valence-corrected chi connectivity index (χ0v) is 14.7. The monoisotopic (exact) mass is 358 g/mol. The van der Waals surface area contributed by atoms with Gasteiger partial charge in [-0.2, -0.15) is 8.42 Å². The van der Waals surface area contributed by atoms with Crippen LogP contribution in [0.15, 0.2) is 48.7 Å². The van der Waals surface area contributed by atoms with E-state index in [9.17, 15) is 8.42 Å². The Bertz CT molecular complexity index is 1020. The van der Waals surface area contributed by atoms with Gasteiger partial charge in [-0.05, 0) is 23.1 Å². The van der Waals surface area contributed by atoms with Crippen LogP contribution < -0.4 is 10.5 Å². The van der Waals surface area contributed by atoms with E-state index in [1.165, 1.54) is 7.11 Å². The summed E-state index contributed by atoms with van der Waals surface area (Å²) in [5, 5.41) is 1.59. The van der Waals surface area contributed by atoms with Crippen LogP contribution in [0.3, 0.4) is 0 Å². The number of ether oxygens (including phenoxy) is 1. The summed E-state index contributed by atoms with van der Waals surface area (Å²) in [6, 6.07) is 13.4. The summed E-state index contributed by atoms with van der Waals surface area (Å²) in [6.07, 6.45) is 2.72. The van der Waals surface area contributed by atoms with Crippen molar-refractivity contribution >= 4 is 26.7 Å². The Morgan fingerprint density at radius 1 is 1.12 bits per heavy atom. The highest BCUT2D eigenvalue weighted by Gasteiger charge is 2.14. The highest BCUT2D eigenvalue weighted by atomic mass is 32.2. The van der Waals surface area contributed by atoms with E-state index in [0.29, 0.717) is 17.1 Å². The lowest BCUT2D eigenvalue weighted by Crippen LogP contribution is -2.04. The number of hydrogen-bond donors (Lipinski definition) is 1. The van der Waals surface area contributed by atoms with Gasteiger partial charge in [0.25, 0.3) is 10.1 Å². The molecule has 3 rings (SSSR count). The van der Waals surface area contributed by atoms with Crippen LogP contribution in [0, 0.1) is 0 Å². The Hall–Kier alpha value is -2.64. The van der Waals surface area contributed by atoms with Crippen molar-refractivity contribution in [2.75, 3.05) is 19.1 Å². The molecule has 3 aromatic rings. The zero-order valence-electron chi connectivity index (χ0n) is 13.9. The van der Waals surface area contributed by atoms with Gasteiger partial charge in [-0.25, -0.2) is 4.98 Å². The summed E-state index contributed by atoms with van der Waals surface area (Å²) in [4.78, 5) is 4.27. The topological polar surface area (TPSA) is 91.5 Å². The van der Waals surface area contributed by atoms with Gasteiger partial charge >= 0.3 is 0 Å². The van der Waals surface area contributed by atoms with Crippen LogP contribution in [-0.4, -0.2) is 26.8 Å². The summed E-state index contributed by atoms with van der Waals surface area (Å²) >= 11 is 0. The third-order valence-electron chi connectivity index (χ3n) is 3.83. The molecule has 0 bridgehead atoms. The molecular weight excluding hydrogens is 340 g/mol. The number of aromatic nitrogens is 1. The molecule has 0 atom stereocenters. The molecule has 0 amide bonds. The first-order chi connectivity index (χ1) is 11.9. The van der Waals surface area contributed by atoms with Crippen molar-refractivity contribution in [3.05, 3.63) is 54.2 Å². The van der Waals surface area contributed by atoms with Crippen molar-refractivity contribution in [3.8, 4) is 16.9 Å². The molecule has 0 aliphatic heterocycles. The standard InChI is InChI=1S/C18H18N2O4S/c1-23-17-9-15-14(8-13(17)11-24-25(2,21)22)16(10-20-18(15)19)12-6-4-3-5-7-12/h3-10H,11H2,1-2H3,(H2,19,20). The van der Waals surface area contributed by atoms with Crippen LogP contribution in [0.2, 0.25) is 0 Å². The third kappa shape index (κ3) is 3.72. The molecule has 25 heavy (non-hydrogen) atoms. The van der Waals surface area contributed by atoms with Crippen LogP contribution >= 0.6 is 0 Å². The van der Waals surface area contributed by atoms with Gasteiger partial charge in [0.2, 0.25) is 0 Å². The predicted octanol–water partition coefficient (Wildman–Crippen LogP) is 2.97. The summed E-state index contributed by atoms with van der Waals surface area (Å²) < 4.78 is 32.9. The number of pyridine rings is 1. The Morgan fingerprint density at radius 3 is 2.48 bits per heavy atom. The number of nitrogens with zero attached hydrogens (tertiary/aromatic N) is 1. The second-order valence-electron chi connectivity index (χ2n) is 5.60. The molecule has 1 heterocycles. The molecule has 0 saturated heterocycles. The molecule has 0 radical (unpaired) electrons. The Balaban J connectivity index is 2.21. The summed E-state index contributed by atoms with van der Waals surface area (Å²) in [5.74, 6) is 0.874. The molecule has 0 aliphatic carbocycles. The van der Waals surface area contributed by atoms with Crippen molar-refractivity contribution in [1.29, 1.82) is 0 Å².